The molecule has 0 aliphatic heterocycles. The van der Waals surface area contributed by atoms with Crippen LogP contribution in [0.4, 0.5) is 11.5 Å². The number of aromatic nitrogens is 1. The summed E-state index contributed by atoms with van der Waals surface area (Å²) in [4.78, 5) is 4.67. The molecule has 1 heterocycles. The Balaban J connectivity index is 1.77. The number of rotatable bonds is 5. The minimum Gasteiger partial charge on any atom is -0.495 e. The minimum atomic E-state index is 0.00354. The number of ether oxygens (including phenoxy) is 1. The van der Waals surface area contributed by atoms with Crippen LogP contribution in [0, 0.1) is 11.3 Å². The van der Waals surface area contributed by atoms with Gasteiger partial charge in [0.1, 0.15) is 17.6 Å². The number of aliphatic hydroxyl groups excluding tert-OH is 1. The predicted octanol–water partition coefficient (Wildman–Crippen LogP) is 6.32. The fraction of sp³-hybridized carbons (Fsp3) is 0.0833. The highest BCUT2D eigenvalue weighted by Gasteiger charge is 2.13. The molecular weight excluding hydrogens is 433 g/mol. The van der Waals surface area contributed by atoms with Crippen molar-refractivity contribution in [2.24, 2.45) is 0 Å². The van der Waals surface area contributed by atoms with Crippen LogP contribution in [0.3, 0.4) is 0 Å². The Morgan fingerprint density at radius 3 is 2.42 bits per heavy atom. The molecule has 0 unspecified atom stereocenters. The van der Waals surface area contributed by atoms with Gasteiger partial charge >= 0.3 is 0 Å². The Morgan fingerprint density at radius 2 is 1.74 bits per heavy atom. The Labute approximate surface area is 189 Å². The van der Waals surface area contributed by atoms with E-state index in [0.717, 1.165) is 27.6 Å². The van der Waals surface area contributed by atoms with Gasteiger partial charge < -0.3 is 15.2 Å². The number of aliphatic hydroxyl groups is 1. The Kier molecular flexibility index (Phi) is 5.97. The molecule has 154 valence electrons. The van der Waals surface area contributed by atoms with Gasteiger partial charge in [0.25, 0.3) is 0 Å². The summed E-state index contributed by atoms with van der Waals surface area (Å²) in [6, 6.07) is 20.7. The zero-order chi connectivity index (χ0) is 22.0. The molecule has 7 heteroatoms. The number of nitrogens with one attached hydrogen (secondary N) is 1. The maximum Gasteiger partial charge on any atom is 0.149 e. The second-order valence-electron chi connectivity index (χ2n) is 6.85. The smallest absolute Gasteiger partial charge is 0.149 e. The van der Waals surface area contributed by atoms with Crippen molar-refractivity contribution in [2.75, 3.05) is 12.4 Å². The van der Waals surface area contributed by atoms with Crippen LogP contribution in [0.1, 0.15) is 11.1 Å². The molecule has 0 amide bonds. The second-order valence-corrected chi connectivity index (χ2v) is 7.66. The standard InChI is InChI=1S/C24H17Cl2N3O2/c1-31-23-11-22(19(25)10-20(23)26)29-24-18(12-27)8-17-7-6-16(9-21(17)28-24)15-4-2-14(13-30)3-5-15/h2-11,30H,13H2,1H3,(H,28,29). The van der Waals surface area contributed by atoms with E-state index < -0.39 is 0 Å². The SMILES string of the molecule is COc1cc(Nc2nc3cc(-c4ccc(CO)cc4)ccc3cc2C#N)c(Cl)cc1Cl. The number of anilines is 2. The number of hydrogen-bond donors (Lipinski definition) is 2. The van der Waals surface area contributed by atoms with Crippen molar-refractivity contribution in [2.45, 2.75) is 6.61 Å². The molecular formula is C24H17Cl2N3O2. The first-order chi connectivity index (χ1) is 15.0. The fourth-order valence-electron chi connectivity index (χ4n) is 3.24. The topological polar surface area (TPSA) is 78.2 Å². The van der Waals surface area contributed by atoms with Crippen molar-refractivity contribution in [1.82, 2.24) is 4.98 Å². The van der Waals surface area contributed by atoms with Gasteiger partial charge in [-0.15, -0.1) is 0 Å². The molecule has 0 fully saturated rings. The Hall–Kier alpha value is -3.30. The van der Waals surface area contributed by atoms with Gasteiger partial charge in [-0.3, -0.25) is 0 Å². The largest absolute Gasteiger partial charge is 0.495 e. The lowest BCUT2D eigenvalue weighted by Crippen LogP contribution is -1.99. The molecule has 2 N–H and O–H groups in total. The van der Waals surface area contributed by atoms with Gasteiger partial charge in [-0.05, 0) is 34.9 Å². The van der Waals surface area contributed by atoms with Crippen molar-refractivity contribution in [3.63, 3.8) is 0 Å². The lowest BCUT2D eigenvalue weighted by atomic mass is 10.0. The summed E-state index contributed by atoms with van der Waals surface area (Å²) in [5.74, 6) is 0.843. The molecule has 0 aliphatic rings. The number of hydrogen-bond acceptors (Lipinski definition) is 5. The molecule has 5 nitrogen and oxygen atoms in total. The number of benzene rings is 3. The van der Waals surface area contributed by atoms with Crippen LogP contribution in [0.2, 0.25) is 10.0 Å². The first-order valence-electron chi connectivity index (χ1n) is 9.37. The Morgan fingerprint density at radius 1 is 1.00 bits per heavy atom. The van der Waals surface area contributed by atoms with Crippen molar-refractivity contribution in [1.29, 1.82) is 5.26 Å². The monoisotopic (exact) mass is 449 g/mol. The maximum atomic E-state index is 9.62. The van der Waals surface area contributed by atoms with E-state index >= 15 is 0 Å². The first kappa shape index (κ1) is 21.0. The lowest BCUT2D eigenvalue weighted by Gasteiger charge is -2.13. The lowest BCUT2D eigenvalue weighted by molar-refractivity contribution is 0.282. The fourth-order valence-corrected chi connectivity index (χ4v) is 3.75. The third kappa shape index (κ3) is 4.28. The quantitative estimate of drug-likeness (QED) is 0.372. The van der Waals surface area contributed by atoms with E-state index in [9.17, 15) is 10.4 Å². The highest BCUT2D eigenvalue weighted by atomic mass is 35.5. The average molecular weight is 450 g/mol. The van der Waals surface area contributed by atoms with E-state index in [-0.39, 0.29) is 6.61 Å². The maximum absolute atomic E-state index is 9.62. The number of nitrogens with zero attached hydrogens (tertiary/aromatic N) is 2. The van der Waals surface area contributed by atoms with E-state index in [2.05, 4.69) is 16.4 Å². The predicted molar refractivity (Wildman–Crippen MR) is 124 cm³/mol. The van der Waals surface area contributed by atoms with Crippen LogP contribution in [0.25, 0.3) is 22.0 Å². The molecule has 0 saturated carbocycles. The van der Waals surface area contributed by atoms with Crippen LogP contribution in [-0.2, 0) is 6.61 Å². The molecule has 0 saturated heterocycles. The third-order valence-electron chi connectivity index (χ3n) is 4.90. The van der Waals surface area contributed by atoms with Crippen LogP contribution < -0.4 is 10.1 Å². The van der Waals surface area contributed by atoms with Gasteiger partial charge in [0, 0.05) is 11.5 Å². The zero-order valence-electron chi connectivity index (χ0n) is 16.5. The van der Waals surface area contributed by atoms with Crippen molar-refractivity contribution in [3.05, 3.63) is 81.8 Å². The molecule has 0 aliphatic carbocycles. The van der Waals surface area contributed by atoms with Crippen LogP contribution in [-0.4, -0.2) is 17.2 Å². The third-order valence-corrected chi connectivity index (χ3v) is 5.51. The van der Waals surface area contributed by atoms with E-state index in [1.807, 2.05) is 42.5 Å². The summed E-state index contributed by atoms with van der Waals surface area (Å²) in [5.41, 5.74) is 4.47. The van der Waals surface area contributed by atoms with Gasteiger partial charge in [0.05, 0.1) is 40.5 Å². The minimum absolute atomic E-state index is 0.00354. The van der Waals surface area contributed by atoms with Crippen molar-refractivity contribution >= 4 is 45.6 Å². The van der Waals surface area contributed by atoms with Gasteiger partial charge in [-0.25, -0.2) is 4.98 Å². The summed E-state index contributed by atoms with van der Waals surface area (Å²) in [6.07, 6.45) is 0. The number of nitriles is 1. The molecule has 0 bridgehead atoms. The molecule has 4 aromatic rings. The number of methoxy groups -OCH3 is 1. The van der Waals surface area contributed by atoms with Gasteiger partial charge in [0.15, 0.2) is 0 Å². The molecule has 3 aromatic carbocycles. The summed E-state index contributed by atoms with van der Waals surface area (Å²) < 4.78 is 5.25. The summed E-state index contributed by atoms with van der Waals surface area (Å²) >= 11 is 12.4. The molecule has 31 heavy (non-hydrogen) atoms. The highest BCUT2D eigenvalue weighted by molar-refractivity contribution is 6.37. The molecule has 1 aromatic heterocycles. The number of fused-ring (bicyclic) bond motifs is 1. The van der Waals surface area contributed by atoms with Gasteiger partial charge in [-0.2, -0.15) is 5.26 Å². The van der Waals surface area contributed by atoms with E-state index in [0.29, 0.717) is 32.9 Å². The normalized spacial score (nSPS) is 10.7. The second kappa shape index (κ2) is 8.83. The number of halogens is 2. The first-order valence-corrected chi connectivity index (χ1v) is 10.1. The molecule has 0 radical (unpaired) electrons. The molecule has 0 spiro atoms. The van der Waals surface area contributed by atoms with Gasteiger partial charge in [0.2, 0.25) is 0 Å². The van der Waals surface area contributed by atoms with Crippen LogP contribution in [0.5, 0.6) is 5.75 Å². The zero-order valence-corrected chi connectivity index (χ0v) is 18.0. The average Bonchev–Trinajstić information content (AvgIpc) is 2.80. The van der Waals surface area contributed by atoms with Crippen LogP contribution in [0.15, 0.2) is 60.7 Å². The Bertz CT molecular complexity index is 1320. The van der Waals surface area contributed by atoms with Crippen molar-refractivity contribution < 1.29 is 9.84 Å². The van der Waals surface area contributed by atoms with Crippen LogP contribution >= 0.6 is 23.2 Å². The number of pyridine rings is 1. The molecule has 4 rings (SSSR count). The van der Waals surface area contributed by atoms with Crippen molar-refractivity contribution in [3.8, 4) is 22.9 Å². The van der Waals surface area contributed by atoms with E-state index in [1.54, 1.807) is 18.2 Å². The van der Waals surface area contributed by atoms with E-state index in [4.69, 9.17) is 27.9 Å². The van der Waals surface area contributed by atoms with Gasteiger partial charge in [-0.1, -0.05) is 59.6 Å². The van der Waals surface area contributed by atoms with E-state index in [1.165, 1.54) is 7.11 Å². The highest BCUT2D eigenvalue weighted by Crippen LogP contribution is 2.36. The summed E-state index contributed by atoms with van der Waals surface area (Å²) in [6.45, 7) is 0.00354. The summed E-state index contributed by atoms with van der Waals surface area (Å²) in [7, 11) is 1.52. The summed E-state index contributed by atoms with van der Waals surface area (Å²) in [5, 5.41) is 23.6. The molecule has 0 atom stereocenters.